The van der Waals surface area contributed by atoms with Gasteiger partial charge in [-0.2, -0.15) is 0 Å². The summed E-state index contributed by atoms with van der Waals surface area (Å²) in [4.78, 5) is 14.6. The summed E-state index contributed by atoms with van der Waals surface area (Å²) < 4.78 is 44.7. The third-order valence-electron chi connectivity index (χ3n) is 4.97. The van der Waals surface area contributed by atoms with Crippen molar-refractivity contribution in [1.29, 1.82) is 0 Å². The maximum Gasteiger partial charge on any atom is 0.262 e. The van der Waals surface area contributed by atoms with Crippen LogP contribution in [0.2, 0.25) is 5.02 Å². The van der Waals surface area contributed by atoms with E-state index in [-0.39, 0.29) is 33.4 Å². The van der Waals surface area contributed by atoms with Crippen molar-refractivity contribution in [3.63, 3.8) is 0 Å². The molecule has 2 aromatic rings. The molecule has 0 bridgehead atoms. The van der Waals surface area contributed by atoms with Gasteiger partial charge in [-0.05, 0) is 37.6 Å². The van der Waals surface area contributed by atoms with E-state index in [1.54, 1.807) is 24.0 Å². The number of amides is 1. The monoisotopic (exact) mass is 468 g/mol. The fourth-order valence-corrected chi connectivity index (χ4v) is 4.92. The normalized spacial score (nSPS) is 16.7. The van der Waals surface area contributed by atoms with Crippen LogP contribution in [0.1, 0.15) is 22.8 Å². The van der Waals surface area contributed by atoms with Gasteiger partial charge in [0.15, 0.2) is 0 Å². The first-order valence-electron chi connectivity index (χ1n) is 9.62. The van der Waals surface area contributed by atoms with E-state index in [0.717, 1.165) is 0 Å². The average molecular weight is 469 g/mol. The standard InChI is InChI=1S/C21H25ClN2O6S/c1-13-5-6-15(21(25)24-7-8-30-14(2)12-24)9-20(13)31(26,27)23-17-10-16(22)18(28-3)11-19(17)29-4/h5-6,9-11,14,23H,7-8,12H2,1-4H3/t14-/m1/s1. The van der Waals surface area contributed by atoms with Crippen molar-refractivity contribution >= 4 is 33.2 Å². The number of sulfonamides is 1. The van der Waals surface area contributed by atoms with Crippen molar-refractivity contribution in [3.8, 4) is 11.5 Å². The minimum absolute atomic E-state index is 0.00588. The largest absolute Gasteiger partial charge is 0.495 e. The Kier molecular flexibility index (Phi) is 6.98. The van der Waals surface area contributed by atoms with Gasteiger partial charge in [0.2, 0.25) is 0 Å². The number of morpholine rings is 1. The Labute approximate surface area is 187 Å². The molecule has 8 nitrogen and oxygen atoms in total. The smallest absolute Gasteiger partial charge is 0.262 e. The molecule has 0 aromatic heterocycles. The van der Waals surface area contributed by atoms with Crippen LogP contribution in [0.5, 0.6) is 11.5 Å². The molecule has 0 unspecified atom stereocenters. The Bertz CT molecular complexity index is 1090. The van der Waals surface area contributed by atoms with Crippen LogP contribution in [0.25, 0.3) is 0 Å². The Morgan fingerprint density at radius 3 is 2.55 bits per heavy atom. The highest BCUT2D eigenvalue weighted by atomic mass is 35.5. The number of halogens is 1. The molecule has 0 spiro atoms. The Hall–Kier alpha value is -2.49. The van der Waals surface area contributed by atoms with E-state index in [2.05, 4.69) is 4.72 Å². The Morgan fingerprint density at radius 2 is 1.90 bits per heavy atom. The fraction of sp³-hybridized carbons (Fsp3) is 0.381. The number of methoxy groups -OCH3 is 2. The first-order valence-corrected chi connectivity index (χ1v) is 11.5. The summed E-state index contributed by atoms with van der Waals surface area (Å²) in [7, 11) is -1.17. The minimum Gasteiger partial charge on any atom is -0.495 e. The molecule has 0 aliphatic carbocycles. The molecule has 1 heterocycles. The van der Waals surface area contributed by atoms with Crippen molar-refractivity contribution in [2.75, 3.05) is 38.6 Å². The van der Waals surface area contributed by atoms with E-state index in [9.17, 15) is 13.2 Å². The van der Waals surface area contributed by atoms with Gasteiger partial charge in [0, 0.05) is 24.7 Å². The number of carbonyl (C=O) groups is 1. The van der Waals surface area contributed by atoms with Crippen molar-refractivity contribution in [3.05, 3.63) is 46.5 Å². The lowest BCUT2D eigenvalue weighted by molar-refractivity contribution is -0.0124. The zero-order valence-corrected chi connectivity index (χ0v) is 19.3. The highest BCUT2D eigenvalue weighted by Crippen LogP contribution is 2.37. The van der Waals surface area contributed by atoms with Crippen LogP contribution in [0.15, 0.2) is 35.2 Å². The van der Waals surface area contributed by atoms with Crippen molar-refractivity contribution in [2.45, 2.75) is 24.8 Å². The van der Waals surface area contributed by atoms with Gasteiger partial charge in [0.25, 0.3) is 15.9 Å². The summed E-state index contributed by atoms with van der Waals surface area (Å²) in [5.41, 5.74) is 0.948. The second kappa shape index (κ2) is 9.33. The number of aryl methyl sites for hydroxylation is 1. The van der Waals surface area contributed by atoms with Crippen LogP contribution in [0.4, 0.5) is 5.69 Å². The summed E-state index contributed by atoms with van der Waals surface area (Å²) in [6.45, 7) is 4.91. The van der Waals surface area contributed by atoms with Crippen LogP contribution < -0.4 is 14.2 Å². The number of hydrogen-bond acceptors (Lipinski definition) is 6. The van der Waals surface area contributed by atoms with Crippen molar-refractivity contribution in [1.82, 2.24) is 4.90 Å². The molecule has 1 amide bonds. The molecular weight excluding hydrogens is 444 g/mol. The molecule has 0 saturated carbocycles. The zero-order chi connectivity index (χ0) is 22.8. The van der Waals surface area contributed by atoms with Gasteiger partial charge in [-0.1, -0.05) is 17.7 Å². The molecule has 168 valence electrons. The van der Waals surface area contributed by atoms with E-state index in [0.29, 0.717) is 36.6 Å². The van der Waals surface area contributed by atoms with Gasteiger partial charge in [-0.3, -0.25) is 9.52 Å². The molecule has 1 N–H and O–H groups in total. The van der Waals surface area contributed by atoms with Gasteiger partial charge < -0.3 is 19.1 Å². The number of benzene rings is 2. The van der Waals surface area contributed by atoms with Gasteiger partial charge in [-0.15, -0.1) is 0 Å². The maximum absolute atomic E-state index is 13.2. The summed E-state index contributed by atoms with van der Waals surface area (Å²) in [5, 5.41) is 0.225. The molecule has 1 atom stereocenters. The molecule has 3 rings (SSSR count). The number of ether oxygens (including phenoxy) is 3. The van der Waals surface area contributed by atoms with Crippen LogP contribution in [-0.2, 0) is 14.8 Å². The summed E-state index contributed by atoms with van der Waals surface area (Å²) >= 11 is 6.15. The number of anilines is 1. The lowest BCUT2D eigenvalue weighted by Gasteiger charge is -2.31. The predicted octanol–water partition coefficient (Wildman–Crippen LogP) is 3.33. The zero-order valence-electron chi connectivity index (χ0n) is 17.8. The molecule has 1 saturated heterocycles. The molecule has 1 aliphatic rings. The number of rotatable bonds is 6. The van der Waals surface area contributed by atoms with E-state index in [1.807, 2.05) is 6.92 Å². The van der Waals surface area contributed by atoms with E-state index < -0.39 is 10.0 Å². The topological polar surface area (TPSA) is 94.2 Å². The summed E-state index contributed by atoms with van der Waals surface area (Å²) in [5.74, 6) is 0.360. The third-order valence-corrected chi connectivity index (χ3v) is 6.77. The third kappa shape index (κ3) is 5.06. The van der Waals surface area contributed by atoms with E-state index >= 15 is 0 Å². The first kappa shape index (κ1) is 23.2. The predicted molar refractivity (Wildman–Crippen MR) is 118 cm³/mol. The molecule has 0 radical (unpaired) electrons. The SMILES string of the molecule is COc1cc(OC)c(NS(=O)(=O)c2cc(C(=O)N3CCO[C@H](C)C3)ccc2C)cc1Cl. The van der Waals surface area contributed by atoms with Gasteiger partial charge >= 0.3 is 0 Å². The highest BCUT2D eigenvalue weighted by Gasteiger charge is 2.26. The Morgan fingerprint density at radius 1 is 1.19 bits per heavy atom. The first-order chi connectivity index (χ1) is 14.7. The number of nitrogens with one attached hydrogen (secondary N) is 1. The van der Waals surface area contributed by atoms with Crippen LogP contribution >= 0.6 is 11.6 Å². The number of hydrogen-bond donors (Lipinski definition) is 1. The lowest BCUT2D eigenvalue weighted by atomic mass is 10.1. The number of carbonyl (C=O) groups excluding carboxylic acids is 1. The molecule has 2 aromatic carbocycles. The summed E-state index contributed by atoms with van der Waals surface area (Å²) in [6, 6.07) is 7.53. The maximum atomic E-state index is 13.2. The van der Waals surface area contributed by atoms with E-state index in [4.69, 9.17) is 25.8 Å². The summed E-state index contributed by atoms with van der Waals surface area (Å²) in [6.07, 6.45) is -0.0692. The second-order valence-corrected chi connectivity index (χ2v) is 9.26. The lowest BCUT2D eigenvalue weighted by Crippen LogP contribution is -2.44. The highest BCUT2D eigenvalue weighted by molar-refractivity contribution is 7.92. The van der Waals surface area contributed by atoms with Crippen LogP contribution in [0, 0.1) is 6.92 Å². The molecule has 10 heteroatoms. The molecule has 1 fully saturated rings. The Balaban J connectivity index is 1.94. The van der Waals surface area contributed by atoms with Gasteiger partial charge in [-0.25, -0.2) is 8.42 Å². The quantitative estimate of drug-likeness (QED) is 0.698. The number of nitrogens with zero attached hydrogens (tertiary/aromatic N) is 1. The van der Waals surface area contributed by atoms with E-state index in [1.165, 1.54) is 32.4 Å². The van der Waals surface area contributed by atoms with Gasteiger partial charge in [0.05, 0.1) is 42.5 Å². The molecule has 31 heavy (non-hydrogen) atoms. The molecular formula is C21H25ClN2O6S. The minimum atomic E-state index is -4.04. The van der Waals surface area contributed by atoms with Crippen molar-refractivity contribution in [2.24, 2.45) is 0 Å². The second-order valence-electron chi connectivity index (χ2n) is 7.21. The van der Waals surface area contributed by atoms with Crippen molar-refractivity contribution < 1.29 is 27.4 Å². The fourth-order valence-electron chi connectivity index (χ4n) is 3.35. The van der Waals surface area contributed by atoms with Crippen LogP contribution in [-0.4, -0.2) is 59.2 Å². The molecule has 1 aliphatic heterocycles. The van der Waals surface area contributed by atoms with Gasteiger partial charge in [0.1, 0.15) is 11.5 Å². The van der Waals surface area contributed by atoms with Crippen LogP contribution in [0.3, 0.4) is 0 Å². The average Bonchev–Trinajstić information content (AvgIpc) is 2.73.